The summed E-state index contributed by atoms with van der Waals surface area (Å²) in [5.74, 6) is 0. The van der Waals surface area contributed by atoms with Crippen molar-refractivity contribution in [3.8, 4) is 5.69 Å². The van der Waals surface area contributed by atoms with Crippen LogP contribution in [0.4, 0.5) is 0 Å². The SMILES string of the molecule is CCc1cc(C=O)nn1-c1ccc(C)cc1. The molecule has 0 bridgehead atoms. The Morgan fingerprint density at radius 2 is 2.00 bits per heavy atom. The Bertz CT molecular complexity index is 497. The summed E-state index contributed by atoms with van der Waals surface area (Å²) in [7, 11) is 0. The highest BCUT2D eigenvalue weighted by atomic mass is 16.1. The molecular weight excluding hydrogens is 200 g/mol. The first-order chi connectivity index (χ1) is 7.74. The molecule has 0 unspecified atom stereocenters. The largest absolute Gasteiger partial charge is 0.296 e. The standard InChI is InChI=1S/C13H14N2O/c1-3-12-8-11(9-16)14-15(12)13-6-4-10(2)5-7-13/h4-9H,3H2,1-2H3. The first-order valence-corrected chi connectivity index (χ1v) is 5.35. The normalized spacial score (nSPS) is 10.4. The smallest absolute Gasteiger partial charge is 0.170 e. The van der Waals surface area contributed by atoms with Crippen LogP contribution in [0.1, 0.15) is 28.7 Å². The van der Waals surface area contributed by atoms with Gasteiger partial charge in [-0.05, 0) is 31.5 Å². The first-order valence-electron chi connectivity index (χ1n) is 5.35. The van der Waals surface area contributed by atoms with E-state index in [1.165, 1.54) is 5.56 Å². The average Bonchev–Trinajstić information content (AvgIpc) is 2.73. The summed E-state index contributed by atoms with van der Waals surface area (Å²) in [5.41, 5.74) is 3.74. The van der Waals surface area contributed by atoms with Crippen LogP contribution in [-0.2, 0) is 6.42 Å². The number of hydrogen-bond donors (Lipinski definition) is 0. The zero-order chi connectivity index (χ0) is 11.5. The summed E-state index contributed by atoms with van der Waals surface area (Å²) < 4.78 is 1.82. The van der Waals surface area contributed by atoms with Crippen molar-refractivity contribution in [3.63, 3.8) is 0 Å². The lowest BCUT2D eigenvalue weighted by Gasteiger charge is -2.05. The summed E-state index contributed by atoms with van der Waals surface area (Å²) >= 11 is 0. The molecule has 3 heteroatoms. The number of hydrogen-bond acceptors (Lipinski definition) is 2. The van der Waals surface area contributed by atoms with Gasteiger partial charge in [0.25, 0.3) is 0 Å². The number of rotatable bonds is 3. The van der Waals surface area contributed by atoms with Gasteiger partial charge in [-0.3, -0.25) is 4.79 Å². The molecule has 1 aromatic heterocycles. The maximum Gasteiger partial charge on any atom is 0.170 e. The van der Waals surface area contributed by atoms with E-state index in [0.717, 1.165) is 24.1 Å². The van der Waals surface area contributed by atoms with Crippen molar-refractivity contribution in [1.82, 2.24) is 9.78 Å². The molecule has 0 saturated heterocycles. The number of carbonyl (C=O) groups excluding carboxylic acids is 1. The molecule has 0 radical (unpaired) electrons. The van der Waals surface area contributed by atoms with E-state index in [9.17, 15) is 4.79 Å². The van der Waals surface area contributed by atoms with Gasteiger partial charge in [-0.25, -0.2) is 4.68 Å². The van der Waals surface area contributed by atoms with Gasteiger partial charge < -0.3 is 0 Å². The Morgan fingerprint density at radius 3 is 2.56 bits per heavy atom. The Morgan fingerprint density at radius 1 is 1.31 bits per heavy atom. The lowest BCUT2D eigenvalue weighted by Crippen LogP contribution is -2.01. The fraction of sp³-hybridized carbons (Fsp3) is 0.231. The molecule has 0 saturated carbocycles. The third kappa shape index (κ3) is 1.89. The van der Waals surface area contributed by atoms with E-state index >= 15 is 0 Å². The van der Waals surface area contributed by atoms with E-state index in [1.54, 1.807) is 0 Å². The van der Waals surface area contributed by atoms with Gasteiger partial charge in [0.2, 0.25) is 0 Å². The maximum atomic E-state index is 10.7. The molecule has 1 aromatic carbocycles. The molecule has 0 aliphatic heterocycles. The van der Waals surface area contributed by atoms with Crippen molar-refractivity contribution in [2.45, 2.75) is 20.3 Å². The minimum Gasteiger partial charge on any atom is -0.296 e. The number of aldehydes is 1. The number of aryl methyl sites for hydroxylation is 2. The van der Waals surface area contributed by atoms with Gasteiger partial charge in [0.05, 0.1) is 5.69 Å². The summed E-state index contributed by atoms with van der Waals surface area (Å²) in [4.78, 5) is 10.7. The van der Waals surface area contributed by atoms with E-state index in [4.69, 9.17) is 0 Å². The number of benzene rings is 1. The van der Waals surface area contributed by atoms with Crippen LogP contribution in [0, 0.1) is 6.92 Å². The van der Waals surface area contributed by atoms with Crippen LogP contribution in [0.5, 0.6) is 0 Å². The summed E-state index contributed by atoms with van der Waals surface area (Å²) in [5, 5.41) is 4.25. The van der Waals surface area contributed by atoms with Crippen molar-refractivity contribution < 1.29 is 4.79 Å². The predicted octanol–water partition coefficient (Wildman–Crippen LogP) is 2.56. The van der Waals surface area contributed by atoms with Gasteiger partial charge in [-0.15, -0.1) is 0 Å². The second kappa shape index (κ2) is 4.31. The molecule has 0 amide bonds. The molecule has 0 N–H and O–H groups in total. The monoisotopic (exact) mass is 214 g/mol. The zero-order valence-corrected chi connectivity index (χ0v) is 9.47. The van der Waals surface area contributed by atoms with Gasteiger partial charge in [0.15, 0.2) is 6.29 Å². The van der Waals surface area contributed by atoms with Gasteiger partial charge in [-0.2, -0.15) is 5.10 Å². The van der Waals surface area contributed by atoms with Gasteiger partial charge in [-0.1, -0.05) is 24.6 Å². The lowest BCUT2D eigenvalue weighted by atomic mass is 10.2. The highest BCUT2D eigenvalue weighted by molar-refractivity contribution is 5.72. The first kappa shape index (κ1) is 10.6. The van der Waals surface area contributed by atoms with E-state index in [2.05, 4.69) is 12.0 Å². The van der Waals surface area contributed by atoms with Crippen molar-refractivity contribution in [2.75, 3.05) is 0 Å². The van der Waals surface area contributed by atoms with Crippen LogP contribution in [0.2, 0.25) is 0 Å². The molecule has 0 spiro atoms. The van der Waals surface area contributed by atoms with Crippen molar-refractivity contribution in [1.29, 1.82) is 0 Å². The average molecular weight is 214 g/mol. The molecular formula is C13H14N2O. The molecule has 2 aromatic rings. The van der Waals surface area contributed by atoms with Gasteiger partial charge in [0, 0.05) is 5.69 Å². The number of aromatic nitrogens is 2. The van der Waals surface area contributed by atoms with Crippen molar-refractivity contribution in [3.05, 3.63) is 47.3 Å². The van der Waals surface area contributed by atoms with E-state index in [-0.39, 0.29) is 0 Å². The second-order valence-electron chi connectivity index (χ2n) is 3.78. The Hall–Kier alpha value is -1.90. The van der Waals surface area contributed by atoms with Crippen LogP contribution in [0.3, 0.4) is 0 Å². The Balaban J connectivity index is 2.49. The van der Waals surface area contributed by atoms with Crippen LogP contribution < -0.4 is 0 Å². The highest BCUT2D eigenvalue weighted by Crippen LogP contribution is 2.13. The van der Waals surface area contributed by atoms with Crippen molar-refractivity contribution >= 4 is 6.29 Å². The lowest BCUT2D eigenvalue weighted by molar-refractivity contribution is 0.111. The highest BCUT2D eigenvalue weighted by Gasteiger charge is 2.06. The molecule has 0 aliphatic carbocycles. The fourth-order valence-corrected chi connectivity index (χ4v) is 1.66. The number of nitrogens with zero attached hydrogens (tertiary/aromatic N) is 2. The summed E-state index contributed by atoms with van der Waals surface area (Å²) in [6.45, 7) is 4.10. The summed E-state index contributed by atoms with van der Waals surface area (Å²) in [6.07, 6.45) is 1.64. The van der Waals surface area contributed by atoms with Gasteiger partial charge >= 0.3 is 0 Å². The third-order valence-electron chi connectivity index (χ3n) is 2.56. The molecule has 82 valence electrons. The Labute approximate surface area is 94.7 Å². The fourth-order valence-electron chi connectivity index (χ4n) is 1.66. The molecule has 2 rings (SSSR count). The van der Waals surface area contributed by atoms with Crippen LogP contribution in [0.15, 0.2) is 30.3 Å². The van der Waals surface area contributed by atoms with E-state index < -0.39 is 0 Å². The quantitative estimate of drug-likeness (QED) is 0.736. The molecule has 16 heavy (non-hydrogen) atoms. The predicted molar refractivity (Wildman–Crippen MR) is 63.1 cm³/mol. The minimum absolute atomic E-state index is 0.484. The molecule has 3 nitrogen and oxygen atoms in total. The van der Waals surface area contributed by atoms with Gasteiger partial charge in [0.1, 0.15) is 5.69 Å². The number of carbonyl (C=O) groups is 1. The minimum atomic E-state index is 0.484. The van der Waals surface area contributed by atoms with E-state index in [0.29, 0.717) is 5.69 Å². The molecule has 0 aliphatic rings. The molecule has 0 fully saturated rings. The summed E-state index contributed by atoms with van der Waals surface area (Å²) in [6, 6.07) is 9.92. The topological polar surface area (TPSA) is 34.9 Å². The molecule has 0 atom stereocenters. The van der Waals surface area contributed by atoms with Crippen molar-refractivity contribution in [2.24, 2.45) is 0 Å². The van der Waals surface area contributed by atoms with Crippen LogP contribution >= 0.6 is 0 Å². The second-order valence-corrected chi connectivity index (χ2v) is 3.78. The zero-order valence-electron chi connectivity index (χ0n) is 9.47. The van der Waals surface area contributed by atoms with Crippen LogP contribution in [0.25, 0.3) is 5.69 Å². The maximum absolute atomic E-state index is 10.7. The van der Waals surface area contributed by atoms with E-state index in [1.807, 2.05) is 41.9 Å². The Kier molecular flexibility index (Phi) is 2.86. The molecule has 1 heterocycles. The van der Waals surface area contributed by atoms with Crippen LogP contribution in [-0.4, -0.2) is 16.1 Å². The third-order valence-corrected chi connectivity index (χ3v) is 2.56.